The first kappa shape index (κ1) is 28.8. The Bertz CT molecular complexity index is 875. The fraction of sp³-hybridized carbons (Fsp3) is 0.679. The van der Waals surface area contributed by atoms with E-state index in [1.807, 2.05) is 35.2 Å². The summed E-state index contributed by atoms with van der Waals surface area (Å²) in [5.74, 6) is -1.81. The lowest BCUT2D eigenvalue weighted by molar-refractivity contribution is -0.191. The second-order valence-electron chi connectivity index (χ2n) is 12.0. The molecule has 1 saturated heterocycles. The van der Waals surface area contributed by atoms with Crippen LogP contribution in [0.4, 0.5) is 0 Å². The minimum atomic E-state index is -1.67. The van der Waals surface area contributed by atoms with Crippen LogP contribution in [0.15, 0.2) is 30.3 Å². The molecule has 1 fully saturated rings. The molecule has 1 aromatic rings. The molecule has 7 heteroatoms. The van der Waals surface area contributed by atoms with Crippen LogP contribution in [0.3, 0.4) is 0 Å². The molecule has 0 N–H and O–H groups in total. The van der Waals surface area contributed by atoms with Gasteiger partial charge in [-0.05, 0) is 86.9 Å². The molecule has 2 rings (SSSR count). The third-order valence-electron chi connectivity index (χ3n) is 5.63. The van der Waals surface area contributed by atoms with E-state index in [2.05, 4.69) is 0 Å². The van der Waals surface area contributed by atoms with Crippen molar-refractivity contribution in [3.05, 3.63) is 35.9 Å². The van der Waals surface area contributed by atoms with Gasteiger partial charge in [0.05, 0.1) is 6.42 Å². The molecule has 0 radical (unpaired) electrons. The standard InChI is InChI=1S/C28H43NO6/c1-25(2,3)33-22(30)20-27(7,8)35-24(32)28(23(31)34-26(4,5)6,29-17-13-10-14-18-29)19-21-15-11-9-12-16-21/h9,11-12,15-16H,10,13-14,17-20H2,1-8H3. The Hall–Kier alpha value is -2.41. The van der Waals surface area contributed by atoms with Crippen molar-refractivity contribution in [1.29, 1.82) is 0 Å². The maximum absolute atomic E-state index is 14.1. The largest absolute Gasteiger partial charge is 0.460 e. The van der Waals surface area contributed by atoms with E-state index in [1.165, 1.54) is 0 Å². The van der Waals surface area contributed by atoms with E-state index in [9.17, 15) is 14.4 Å². The average Bonchev–Trinajstić information content (AvgIpc) is 2.69. The maximum atomic E-state index is 14.1. The van der Waals surface area contributed by atoms with Crippen LogP contribution in [-0.4, -0.2) is 58.2 Å². The second kappa shape index (κ2) is 11.1. The first-order valence-electron chi connectivity index (χ1n) is 12.5. The van der Waals surface area contributed by atoms with Gasteiger partial charge in [0.15, 0.2) is 0 Å². The number of esters is 3. The molecule has 0 aromatic heterocycles. The summed E-state index contributed by atoms with van der Waals surface area (Å²) in [7, 11) is 0. The van der Waals surface area contributed by atoms with Gasteiger partial charge in [-0.15, -0.1) is 0 Å². The van der Waals surface area contributed by atoms with Crippen molar-refractivity contribution in [1.82, 2.24) is 4.90 Å². The molecular formula is C28H43NO6. The van der Waals surface area contributed by atoms with E-state index in [0.29, 0.717) is 13.1 Å². The highest BCUT2D eigenvalue weighted by Crippen LogP contribution is 2.32. The van der Waals surface area contributed by atoms with Crippen LogP contribution in [0.1, 0.15) is 86.6 Å². The Morgan fingerprint density at radius 1 is 0.743 bits per heavy atom. The molecule has 1 aromatic carbocycles. The number of likely N-dealkylation sites (tertiary alicyclic amines) is 1. The Labute approximate surface area is 210 Å². The van der Waals surface area contributed by atoms with Crippen molar-refractivity contribution in [2.45, 2.75) is 110 Å². The SMILES string of the molecule is CC(C)(C)OC(=O)CC(C)(C)OC(=O)C(Cc1ccccc1)(C(=O)OC(C)(C)C)N1CCCCC1. The van der Waals surface area contributed by atoms with Crippen molar-refractivity contribution in [2.24, 2.45) is 0 Å². The van der Waals surface area contributed by atoms with Gasteiger partial charge in [-0.3, -0.25) is 9.69 Å². The Kier molecular flexibility index (Phi) is 9.15. The van der Waals surface area contributed by atoms with E-state index in [4.69, 9.17) is 14.2 Å². The summed E-state index contributed by atoms with van der Waals surface area (Å²) in [6.45, 7) is 15.2. The Morgan fingerprint density at radius 3 is 1.77 bits per heavy atom. The van der Waals surface area contributed by atoms with Crippen molar-refractivity contribution >= 4 is 17.9 Å². The molecule has 0 bridgehead atoms. The smallest absolute Gasteiger partial charge is 0.339 e. The number of rotatable bonds is 8. The summed E-state index contributed by atoms with van der Waals surface area (Å²) in [6.07, 6.45) is 2.75. The van der Waals surface area contributed by atoms with Gasteiger partial charge in [-0.2, -0.15) is 0 Å². The highest BCUT2D eigenvalue weighted by molar-refractivity contribution is 6.05. The number of carbonyl (C=O) groups excluding carboxylic acids is 3. The summed E-state index contributed by atoms with van der Waals surface area (Å²) in [4.78, 5) is 42.3. The second-order valence-corrected chi connectivity index (χ2v) is 12.0. The van der Waals surface area contributed by atoms with Crippen molar-refractivity contribution in [2.75, 3.05) is 13.1 Å². The Balaban J connectivity index is 2.47. The fourth-order valence-corrected chi connectivity index (χ4v) is 4.22. The molecule has 1 heterocycles. The molecule has 7 nitrogen and oxygen atoms in total. The number of nitrogens with zero attached hydrogens (tertiary/aromatic N) is 1. The minimum Gasteiger partial charge on any atom is -0.460 e. The molecule has 1 aliphatic rings. The summed E-state index contributed by atoms with van der Waals surface area (Å²) in [6, 6.07) is 9.43. The van der Waals surface area contributed by atoms with Crippen molar-refractivity contribution in [3.8, 4) is 0 Å². The van der Waals surface area contributed by atoms with E-state index in [-0.39, 0.29) is 12.8 Å². The van der Waals surface area contributed by atoms with Crippen LogP contribution in [0.25, 0.3) is 0 Å². The van der Waals surface area contributed by atoms with E-state index >= 15 is 0 Å². The first-order chi connectivity index (χ1) is 16.0. The van der Waals surface area contributed by atoms with Crippen LogP contribution < -0.4 is 0 Å². The summed E-state index contributed by atoms with van der Waals surface area (Å²) in [5, 5.41) is 0. The van der Waals surface area contributed by atoms with Crippen LogP contribution in [0, 0.1) is 0 Å². The zero-order chi connectivity index (χ0) is 26.5. The molecular weight excluding hydrogens is 446 g/mol. The normalized spacial score (nSPS) is 17.3. The topological polar surface area (TPSA) is 82.1 Å². The van der Waals surface area contributed by atoms with Gasteiger partial charge >= 0.3 is 17.9 Å². The molecule has 1 atom stereocenters. The van der Waals surface area contributed by atoms with Gasteiger partial charge in [0.2, 0.25) is 5.54 Å². The fourth-order valence-electron chi connectivity index (χ4n) is 4.22. The van der Waals surface area contributed by atoms with Gasteiger partial charge in [0.25, 0.3) is 0 Å². The third kappa shape index (κ3) is 8.64. The van der Waals surface area contributed by atoms with Gasteiger partial charge in [-0.25, -0.2) is 9.59 Å². The number of ether oxygens (including phenoxy) is 3. The first-order valence-corrected chi connectivity index (χ1v) is 12.5. The van der Waals surface area contributed by atoms with E-state index < -0.39 is 40.2 Å². The molecule has 35 heavy (non-hydrogen) atoms. The number of benzene rings is 1. The number of hydrogen-bond donors (Lipinski definition) is 0. The van der Waals surface area contributed by atoms with Crippen LogP contribution in [-0.2, 0) is 35.0 Å². The van der Waals surface area contributed by atoms with Gasteiger partial charge in [-0.1, -0.05) is 36.8 Å². The molecule has 196 valence electrons. The summed E-state index contributed by atoms with van der Waals surface area (Å²) < 4.78 is 17.2. The average molecular weight is 490 g/mol. The number of carbonyl (C=O) groups is 3. The van der Waals surface area contributed by atoms with Crippen LogP contribution in [0.2, 0.25) is 0 Å². The zero-order valence-electron chi connectivity index (χ0n) is 22.7. The molecule has 0 spiro atoms. The number of piperidine rings is 1. The maximum Gasteiger partial charge on any atom is 0.339 e. The molecule has 1 unspecified atom stereocenters. The van der Waals surface area contributed by atoms with Crippen LogP contribution in [0.5, 0.6) is 0 Å². The number of hydrogen-bond acceptors (Lipinski definition) is 7. The summed E-state index contributed by atoms with van der Waals surface area (Å²) >= 11 is 0. The van der Waals surface area contributed by atoms with Gasteiger partial charge in [0, 0.05) is 6.42 Å². The van der Waals surface area contributed by atoms with E-state index in [1.54, 1.807) is 55.4 Å². The zero-order valence-corrected chi connectivity index (χ0v) is 22.7. The lowest BCUT2D eigenvalue weighted by atomic mass is 9.86. The highest BCUT2D eigenvalue weighted by atomic mass is 16.6. The highest BCUT2D eigenvalue weighted by Gasteiger charge is 2.56. The van der Waals surface area contributed by atoms with E-state index in [0.717, 1.165) is 24.8 Å². The lowest BCUT2D eigenvalue weighted by Gasteiger charge is -2.44. The minimum absolute atomic E-state index is 0.115. The Morgan fingerprint density at radius 2 is 1.26 bits per heavy atom. The third-order valence-corrected chi connectivity index (χ3v) is 5.63. The van der Waals surface area contributed by atoms with Crippen molar-refractivity contribution < 1.29 is 28.6 Å². The van der Waals surface area contributed by atoms with Gasteiger partial charge < -0.3 is 14.2 Å². The van der Waals surface area contributed by atoms with Crippen molar-refractivity contribution in [3.63, 3.8) is 0 Å². The molecule has 0 amide bonds. The monoisotopic (exact) mass is 489 g/mol. The predicted octanol–water partition coefficient (Wildman–Crippen LogP) is 4.85. The van der Waals surface area contributed by atoms with Crippen LogP contribution >= 0.6 is 0 Å². The quantitative estimate of drug-likeness (QED) is 0.293. The lowest BCUT2D eigenvalue weighted by Crippen LogP contribution is -2.65. The summed E-state index contributed by atoms with van der Waals surface area (Å²) in [5.41, 5.74) is -3.47. The molecule has 0 saturated carbocycles. The predicted molar refractivity (Wildman–Crippen MR) is 135 cm³/mol. The van der Waals surface area contributed by atoms with Gasteiger partial charge in [0.1, 0.15) is 16.8 Å². The molecule has 1 aliphatic heterocycles. The molecule has 0 aliphatic carbocycles.